The third-order valence-corrected chi connectivity index (χ3v) is 5.73. The average Bonchev–Trinajstić information content (AvgIpc) is 2.72. The Morgan fingerprint density at radius 1 is 1.17 bits per heavy atom. The van der Waals surface area contributed by atoms with Crippen LogP contribution in [0.15, 0.2) is 35.4 Å². The number of carbonyl (C=O) groups is 2. The van der Waals surface area contributed by atoms with E-state index in [1.54, 1.807) is 18.2 Å². The molecule has 1 saturated carbocycles. The minimum atomic E-state index is -0.846. The topological polar surface area (TPSA) is 101 Å². The van der Waals surface area contributed by atoms with Crippen LogP contribution < -0.4 is 10.9 Å². The standard InChI is InChI=1S/C22H29N3O4/c26-20(12-13-25-15-23-19-9-5-4-8-18(19)22(25)29)24-17(10-11-21(27)28)14-16-6-2-1-3-7-16/h4-5,8-9,15-17H,1-3,6-7,10-14H2,(H,24,26)(H,27,28). The largest absolute Gasteiger partial charge is 0.481 e. The van der Waals surface area contributed by atoms with Gasteiger partial charge in [-0.15, -0.1) is 0 Å². The Morgan fingerprint density at radius 2 is 1.93 bits per heavy atom. The second-order valence-corrected chi connectivity index (χ2v) is 7.95. The maximum absolute atomic E-state index is 12.5. The number of hydrogen-bond donors (Lipinski definition) is 2. The lowest BCUT2D eigenvalue weighted by Gasteiger charge is -2.27. The molecule has 3 rings (SSSR count). The van der Waals surface area contributed by atoms with Gasteiger partial charge in [0.1, 0.15) is 0 Å². The first kappa shape index (κ1) is 21.0. The van der Waals surface area contributed by atoms with E-state index in [4.69, 9.17) is 5.11 Å². The number of aliphatic carboxylic acids is 1. The first-order valence-corrected chi connectivity index (χ1v) is 10.5. The van der Waals surface area contributed by atoms with Crippen molar-refractivity contribution >= 4 is 22.8 Å². The predicted octanol–water partition coefficient (Wildman–Crippen LogP) is 3.11. The average molecular weight is 399 g/mol. The van der Waals surface area contributed by atoms with Gasteiger partial charge in [-0.05, 0) is 30.9 Å². The minimum absolute atomic E-state index is 0.0473. The van der Waals surface area contributed by atoms with Gasteiger partial charge in [-0.2, -0.15) is 0 Å². The van der Waals surface area contributed by atoms with E-state index in [2.05, 4.69) is 10.3 Å². The van der Waals surface area contributed by atoms with Crippen LogP contribution in [0.5, 0.6) is 0 Å². The van der Waals surface area contributed by atoms with Crippen LogP contribution in [0.1, 0.15) is 57.8 Å². The van der Waals surface area contributed by atoms with Crippen LogP contribution in [0.2, 0.25) is 0 Å². The second kappa shape index (κ2) is 10.2. The van der Waals surface area contributed by atoms with Crippen LogP contribution >= 0.6 is 0 Å². The third kappa shape index (κ3) is 6.14. The van der Waals surface area contributed by atoms with Crippen LogP contribution in [0.3, 0.4) is 0 Å². The summed E-state index contributed by atoms with van der Waals surface area (Å²) in [4.78, 5) is 40.3. The molecule has 1 aromatic heterocycles. The van der Waals surface area contributed by atoms with Crippen molar-refractivity contribution in [2.45, 2.75) is 70.4 Å². The van der Waals surface area contributed by atoms with Crippen molar-refractivity contribution in [3.8, 4) is 0 Å². The molecule has 0 aliphatic heterocycles. The number of rotatable bonds is 9. The molecule has 7 heteroatoms. The summed E-state index contributed by atoms with van der Waals surface area (Å²) in [5, 5.41) is 12.6. The van der Waals surface area contributed by atoms with E-state index >= 15 is 0 Å². The molecule has 0 spiro atoms. The quantitative estimate of drug-likeness (QED) is 0.675. The van der Waals surface area contributed by atoms with E-state index < -0.39 is 5.97 Å². The maximum atomic E-state index is 12.5. The van der Waals surface area contributed by atoms with Gasteiger partial charge in [0.2, 0.25) is 5.91 Å². The second-order valence-electron chi connectivity index (χ2n) is 7.95. The molecule has 29 heavy (non-hydrogen) atoms. The molecule has 1 amide bonds. The predicted molar refractivity (Wildman–Crippen MR) is 111 cm³/mol. The molecule has 0 saturated heterocycles. The Morgan fingerprint density at radius 3 is 2.69 bits per heavy atom. The summed E-state index contributed by atoms with van der Waals surface area (Å²) in [5.74, 6) is -0.451. The van der Waals surface area contributed by atoms with Gasteiger partial charge in [0, 0.05) is 25.4 Å². The van der Waals surface area contributed by atoms with Crippen molar-refractivity contribution in [1.29, 1.82) is 0 Å². The van der Waals surface area contributed by atoms with Crippen LogP contribution in [-0.2, 0) is 16.1 Å². The minimum Gasteiger partial charge on any atom is -0.481 e. The Hall–Kier alpha value is -2.70. The molecule has 1 unspecified atom stereocenters. The fourth-order valence-corrected chi connectivity index (χ4v) is 4.16. The number of fused-ring (bicyclic) bond motifs is 1. The maximum Gasteiger partial charge on any atom is 0.303 e. The monoisotopic (exact) mass is 399 g/mol. The molecule has 2 aromatic rings. The summed E-state index contributed by atoms with van der Waals surface area (Å²) < 4.78 is 1.45. The summed E-state index contributed by atoms with van der Waals surface area (Å²) in [6.07, 6.45) is 8.93. The van der Waals surface area contributed by atoms with Crippen LogP contribution in [0, 0.1) is 5.92 Å². The van der Waals surface area contributed by atoms with Gasteiger partial charge in [0.15, 0.2) is 0 Å². The van der Waals surface area contributed by atoms with Crippen molar-refractivity contribution in [1.82, 2.24) is 14.9 Å². The Kier molecular flexibility index (Phi) is 7.38. The Bertz CT molecular complexity index is 902. The molecule has 1 aromatic carbocycles. The molecule has 1 heterocycles. The number of aromatic nitrogens is 2. The third-order valence-electron chi connectivity index (χ3n) is 5.73. The Balaban J connectivity index is 1.58. The normalized spacial score (nSPS) is 15.9. The number of carboxylic acids is 1. The van der Waals surface area contributed by atoms with Gasteiger partial charge in [0.05, 0.1) is 17.2 Å². The lowest BCUT2D eigenvalue weighted by molar-refractivity contribution is -0.137. The van der Waals surface area contributed by atoms with Gasteiger partial charge < -0.3 is 10.4 Å². The zero-order valence-corrected chi connectivity index (χ0v) is 16.7. The highest BCUT2D eigenvalue weighted by Crippen LogP contribution is 2.28. The van der Waals surface area contributed by atoms with E-state index in [0.717, 1.165) is 19.3 Å². The number of hydrogen-bond acceptors (Lipinski definition) is 4. The van der Waals surface area contributed by atoms with Crippen molar-refractivity contribution in [2.75, 3.05) is 0 Å². The zero-order valence-electron chi connectivity index (χ0n) is 16.7. The SMILES string of the molecule is O=C(O)CCC(CC1CCCCC1)NC(=O)CCn1cnc2ccccc2c1=O. The van der Waals surface area contributed by atoms with Gasteiger partial charge in [-0.3, -0.25) is 19.0 Å². The molecule has 156 valence electrons. The van der Waals surface area contributed by atoms with E-state index in [9.17, 15) is 14.4 Å². The molecule has 7 nitrogen and oxygen atoms in total. The van der Waals surface area contributed by atoms with Gasteiger partial charge >= 0.3 is 5.97 Å². The molecule has 1 atom stereocenters. The summed E-state index contributed by atoms with van der Waals surface area (Å²) in [6, 6.07) is 7.00. The number of para-hydroxylation sites is 1. The first-order chi connectivity index (χ1) is 14.0. The van der Waals surface area contributed by atoms with E-state index in [0.29, 0.717) is 23.2 Å². The summed E-state index contributed by atoms with van der Waals surface area (Å²) in [6.45, 7) is 0.248. The van der Waals surface area contributed by atoms with Gasteiger partial charge in [0.25, 0.3) is 5.56 Å². The highest BCUT2D eigenvalue weighted by atomic mass is 16.4. The summed E-state index contributed by atoms with van der Waals surface area (Å²) in [5.41, 5.74) is 0.479. The lowest BCUT2D eigenvalue weighted by Crippen LogP contribution is -2.38. The van der Waals surface area contributed by atoms with E-state index in [1.807, 2.05) is 6.07 Å². The number of aryl methyl sites for hydroxylation is 1. The number of carbonyl (C=O) groups excluding carboxylic acids is 1. The molecule has 0 radical (unpaired) electrons. The molecular formula is C22H29N3O4. The lowest BCUT2D eigenvalue weighted by atomic mass is 9.84. The van der Waals surface area contributed by atoms with Crippen LogP contribution in [-0.4, -0.2) is 32.6 Å². The summed E-state index contributed by atoms with van der Waals surface area (Å²) in [7, 11) is 0. The van der Waals surface area contributed by atoms with Crippen molar-refractivity contribution in [3.63, 3.8) is 0 Å². The number of nitrogens with zero attached hydrogens (tertiary/aromatic N) is 2. The molecular weight excluding hydrogens is 370 g/mol. The highest BCUT2D eigenvalue weighted by molar-refractivity contribution is 5.77. The Labute approximate surface area is 170 Å². The smallest absolute Gasteiger partial charge is 0.303 e. The van der Waals surface area contributed by atoms with E-state index in [-0.39, 0.29) is 36.9 Å². The van der Waals surface area contributed by atoms with Crippen LogP contribution in [0.25, 0.3) is 10.9 Å². The number of amides is 1. The fraction of sp³-hybridized carbons (Fsp3) is 0.545. The first-order valence-electron chi connectivity index (χ1n) is 10.5. The van der Waals surface area contributed by atoms with Crippen molar-refractivity contribution < 1.29 is 14.7 Å². The van der Waals surface area contributed by atoms with Crippen molar-refractivity contribution in [3.05, 3.63) is 40.9 Å². The highest BCUT2D eigenvalue weighted by Gasteiger charge is 2.21. The van der Waals surface area contributed by atoms with Gasteiger partial charge in [-0.25, -0.2) is 4.98 Å². The summed E-state index contributed by atoms with van der Waals surface area (Å²) >= 11 is 0. The fourth-order valence-electron chi connectivity index (χ4n) is 4.16. The number of carboxylic acid groups (broad SMARTS) is 1. The molecule has 0 bridgehead atoms. The molecule has 2 N–H and O–H groups in total. The zero-order chi connectivity index (χ0) is 20.6. The molecule has 1 aliphatic carbocycles. The van der Waals surface area contributed by atoms with Crippen LogP contribution in [0.4, 0.5) is 0 Å². The molecule has 1 aliphatic rings. The number of benzene rings is 1. The van der Waals surface area contributed by atoms with E-state index in [1.165, 1.54) is 30.2 Å². The molecule has 1 fully saturated rings. The number of nitrogens with one attached hydrogen (secondary N) is 1. The van der Waals surface area contributed by atoms with Gasteiger partial charge in [-0.1, -0.05) is 44.2 Å². The van der Waals surface area contributed by atoms with Crippen molar-refractivity contribution in [2.24, 2.45) is 5.92 Å².